The highest BCUT2D eigenvalue weighted by molar-refractivity contribution is 7.18. The van der Waals surface area contributed by atoms with Gasteiger partial charge in [-0.15, -0.1) is 11.3 Å². The fourth-order valence-electron chi connectivity index (χ4n) is 5.33. The molecular weight excluding hydrogens is 415 g/mol. The van der Waals surface area contributed by atoms with Gasteiger partial charge in [0.05, 0.1) is 17.8 Å². The molecule has 4 aliphatic rings. The van der Waals surface area contributed by atoms with Crippen LogP contribution in [0.1, 0.15) is 24.1 Å². The lowest BCUT2D eigenvalue weighted by Crippen LogP contribution is -2.74. The van der Waals surface area contributed by atoms with Crippen LogP contribution in [0.15, 0.2) is 12.4 Å². The van der Waals surface area contributed by atoms with Gasteiger partial charge in [0.1, 0.15) is 17.0 Å². The van der Waals surface area contributed by atoms with E-state index in [0.717, 1.165) is 50.5 Å². The number of likely N-dealkylation sites (tertiary alicyclic amines) is 1. The van der Waals surface area contributed by atoms with Crippen LogP contribution in [0.4, 0.5) is 19.0 Å². The number of thiophene rings is 1. The number of hydrogen-bond donors (Lipinski definition) is 1. The Bertz CT molecular complexity index is 1020. The summed E-state index contributed by atoms with van der Waals surface area (Å²) in [5.74, 6) is 0.926. The molecular formula is C20H22F3N5OS. The van der Waals surface area contributed by atoms with Gasteiger partial charge in [-0.25, -0.2) is 9.97 Å². The number of carbonyl (C=O) groups excluding carboxylic acids is 1. The minimum atomic E-state index is -4.23. The summed E-state index contributed by atoms with van der Waals surface area (Å²) >= 11 is 1.08. The molecule has 3 aliphatic heterocycles. The maximum Gasteiger partial charge on any atom is 0.393 e. The molecule has 0 bridgehead atoms. The first-order valence-electron chi connectivity index (χ1n) is 10.3. The van der Waals surface area contributed by atoms with Gasteiger partial charge in [-0.2, -0.15) is 13.2 Å². The molecule has 6 nitrogen and oxygen atoms in total. The summed E-state index contributed by atoms with van der Waals surface area (Å²) in [7, 11) is 0. The number of halogens is 3. The molecule has 1 atom stereocenters. The molecule has 5 heterocycles. The number of fused-ring (bicyclic) bond motifs is 1. The normalized spacial score (nSPS) is 26.3. The first kappa shape index (κ1) is 18.8. The lowest BCUT2D eigenvalue weighted by Gasteiger charge is -2.60. The van der Waals surface area contributed by atoms with Crippen LogP contribution in [0.5, 0.6) is 0 Å². The largest absolute Gasteiger partial charge is 0.393 e. The Morgan fingerprint density at radius 2 is 1.97 bits per heavy atom. The number of alkyl halides is 3. The minimum Gasteiger partial charge on any atom is -0.354 e. The van der Waals surface area contributed by atoms with Crippen molar-refractivity contribution < 1.29 is 18.0 Å². The molecule has 6 rings (SSSR count). The molecule has 4 fully saturated rings. The number of hydrogen-bond acceptors (Lipinski definition) is 6. The summed E-state index contributed by atoms with van der Waals surface area (Å²) in [5, 5.41) is 4.09. The molecule has 30 heavy (non-hydrogen) atoms. The zero-order valence-corrected chi connectivity index (χ0v) is 17.2. The average Bonchev–Trinajstić information content (AvgIpc) is 3.03. The van der Waals surface area contributed by atoms with Crippen LogP contribution in [0.25, 0.3) is 10.2 Å². The van der Waals surface area contributed by atoms with Crippen molar-refractivity contribution in [3.63, 3.8) is 0 Å². The van der Waals surface area contributed by atoms with E-state index in [1.54, 1.807) is 6.07 Å². The van der Waals surface area contributed by atoms with E-state index >= 15 is 0 Å². The molecule has 2 aromatic rings. The summed E-state index contributed by atoms with van der Waals surface area (Å²) in [4.78, 5) is 26.2. The molecule has 3 saturated heterocycles. The molecule has 1 saturated carbocycles. The van der Waals surface area contributed by atoms with Crippen molar-refractivity contribution in [2.45, 2.75) is 37.9 Å². The Morgan fingerprint density at radius 3 is 2.63 bits per heavy atom. The van der Waals surface area contributed by atoms with E-state index < -0.39 is 12.6 Å². The summed E-state index contributed by atoms with van der Waals surface area (Å²) in [6, 6.07) is 1.55. The smallest absolute Gasteiger partial charge is 0.354 e. The number of carbonyl (C=O) groups is 1. The minimum absolute atomic E-state index is 0.0274. The third-order valence-electron chi connectivity index (χ3n) is 7.07. The molecule has 2 aromatic heterocycles. The van der Waals surface area contributed by atoms with Gasteiger partial charge in [0.25, 0.3) is 0 Å². The number of anilines is 1. The summed E-state index contributed by atoms with van der Waals surface area (Å²) in [5.41, 5.74) is 0.494. The third-order valence-corrected chi connectivity index (χ3v) is 8.11. The second kappa shape index (κ2) is 6.06. The second-order valence-corrected chi connectivity index (χ2v) is 10.7. The molecule has 10 heteroatoms. The van der Waals surface area contributed by atoms with Crippen LogP contribution in [-0.4, -0.2) is 65.7 Å². The predicted molar refractivity (Wildman–Crippen MR) is 106 cm³/mol. The Labute approximate surface area is 175 Å². The SMILES string of the molecule is O=C([C@@H]1CC2(CC2)CN1)N1CC2(C1)CN(c1ncnc3sc(CC(F)(F)F)cc13)C2. The Morgan fingerprint density at radius 1 is 1.20 bits per heavy atom. The quantitative estimate of drug-likeness (QED) is 0.800. The van der Waals surface area contributed by atoms with Crippen LogP contribution >= 0.6 is 11.3 Å². The number of rotatable bonds is 3. The summed E-state index contributed by atoms with van der Waals surface area (Å²) < 4.78 is 38.2. The Kier molecular flexibility index (Phi) is 3.80. The van der Waals surface area contributed by atoms with E-state index in [0.29, 0.717) is 21.4 Å². The topological polar surface area (TPSA) is 61.4 Å². The zero-order chi connectivity index (χ0) is 20.7. The first-order valence-corrected chi connectivity index (χ1v) is 11.1. The first-order chi connectivity index (χ1) is 14.2. The second-order valence-electron chi connectivity index (χ2n) is 9.61. The summed E-state index contributed by atoms with van der Waals surface area (Å²) in [6.45, 7) is 4.02. The van der Waals surface area contributed by atoms with Gasteiger partial charge in [0, 0.05) is 43.0 Å². The Balaban J connectivity index is 1.10. The van der Waals surface area contributed by atoms with Crippen LogP contribution in [0.2, 0.25) is 0 Å². The van der Waals surface area contributed by atoms with Crippen molar-refractivity contribution in [1.29, 1.82) is 0 Å². The molecule has 0 aromatic carbocycles. The van der Waals surface area contributed by atoms with Crippen LogP contribution in [-0.2, 0) is 11.2 Å². The van der Waals surface area contributed by atoms with Crippen molar-refractivity contribution >= 4 is 33.3 Å². The molecule has 0 unspecified atom stereocenters. The van der Waals surface area contributed by atoms with E-state index in [1.165, 1.54) is 19.2 Å². The van der Waals surface area contributed by atoms with Gasteiger partial charge in [0.2, 0.25) is 5.91 Å². The van der Waals surface area contributed by atoms with E-state index in [9.17, 15) is 18.0 Å². The van der Waals surface area contributed by atoms with Gasteiger partial charge in [-0.3, -0.25) is 4.79 Å². The number of aromatic nitrogens is 2. The van der Waals surface area contributed by atoms with E-state index in [4.69, 9.17) is 0 Å². The monoisotopic (exact) mass is 437 g/mol. The number of amides is 1. The molecule has 160 valence electrons. The van der Waals surface area contributed by atoms with Crippen molar-refractivity contribution in [2.24, 2.45) is 10.8 Å². The molecule has 2 spiro atoms. The van der Waals surface area contributed by atoms with Gasteiger partial charge in [-0.1, -0.05) is 0 Å². The van der Waals surface area contributed by atoms with E-state index in [-0.39, 0.29) is 22.2 Å². The number of nitrogens with one attached hydrogen (secondary N) is 1. The maximum atomic E-state index is 12.8. The van der Waals surface area contributed by atoms with Crippen LogP contribution in [0.3, 0.4) is 0 Å². The lowest BCUT2D eigenvalue weighted by atomic mass is 9.72. The Hall–Kier alpha value is -1.94. The van der Waals surface area contributed by atoms with Gasteiger partial charge >= 0.3 is 6.18 Å². The van der Waals surface area contributed by atoms with Crippen molar-refractivity contribution in [3.05, 3.63) is 17.3 Å². The van der Waals surface area contributed by atoms with Gasteiger partial charge in [0.15, 0.2) is 0 Å². The van der Waals surface area contributed by atoms with Crippen molar-refractivity contribution in [2.75, 3.05) is 37.6 Å². The van der Waals surface area contributed by atoms with E-state index in [2.05, 4.69) is 20.2 Å². The van der Waals surface area contributed by atoms with Crippen LogP contribution in [0, 0.1) is 10.8 Å². The highest BCUT2D eigenvalue weighted by atomic mass is 32.1. The molecule has 1 amide bonds. The van der Waals surface area contributed by atoms with Gasteiger partial charge < -0.3 is 15.1 Å². The fraction of sp³-hybridized carbons (Fsp3) is 0.650. The lowest BCUT2D eigenvalue weighted by molar-refractivity contribution is -0.147. The molecule has 1 N–H and O–H groups in total. The molecule has 0 radical (unpaired) electrons. The van der Waals surface area contributed by atoms with Crippen molar-refractivity contribution in [3.8, 4) is 0 Å². The van der Waals surface area contributed by atoms with Crippen LogP contribution < -0.4 is 10.2 Å². The highest BCUT2D eigenvalue weighted by Gasteiger charge is 2.56. The predicted octanol–water partition coefficient (Wildman–Crippen LogP) is 2.59. The standard InChI is InChI=1S/C20H22F3N5OS/c21-20(22,23)4-12-3-13-15(25-11-26-16(13)30-12)27-7-19(8-27)9-28(10-19)17(29)14-5-18(1-2-18)6-24-14/h3,11,14,24H,1-2,4-10H2/t14-/m0/s1. The zero-order valence-electron chi connectivity index (χ0n) is 16.3. The number of nitrogens with zero attached hydrogens (tertiary/aromatic N) is 4. The third kappa shape index (κ3) is 3.07. The van der Waals surface area contributed by atoms with E-state index in [1.807, 2.05) is 4.90 Å². The molecule has 1 aliphatic carbocycles. The van der Waals surface area contributed by atoms with Crippen molar-refractivity contribution in [1.82, 2.24) is 20.2 Å². The summed E-state index contributed by atoms with van der Waals surface area (Å²) in [6.07, 6.45) is -0.298. The average molecular weight is 437 g/mol. The fourth-order valence-corrected chi connectivity index (χ4v) is 6.35. The maximum absolute atomic E-state index is 12.8. The van der Waals surface area contributed by atoms with Gasteiger partial charge in [-0.05, 0) is 30.7 Å². The highest BCUT2D eigenvalue weighted by Crippen LogP contribution is 2.52.